The predicted octanol–water partition coefficient (Wildman–Crippen LogP) is 0.585. The molecule has 1 saturated heterocycles. The summed E-state index contributed by atoms with van der Waals surface area (Å²) in [7, 11) is 0. The third-order valence-corrected chi connectivity index (χ3v) is 5.84. The van der Waals surface area contributed by atoms with Crippen LogP contribution in [0, 0.1) is 17.3 Å². The first-order valence-corrected chi connectivity index (χ1v) is 7.08. The van der Waals surface area contributed by atoms with Crippen LogP contribution in [0.25, 0.3) is 0 Å². The molecule has 110 valence electrons. The Balaban J connectivity index is 2.17. The van der Waals surface area contributed by atoms with Gasteiger partial charge in [0.05, 0.1) is 11.5 Å². The lowest BCUT2D eigenvalue weighted by atomic mass is 9.64. The van der Waals surface area contributed by atoms with Gasteiger partial charge in [0.1, 0.15) is 17.5 Å². The van der Waals surface area contributed by atoms with Crippen molar-refractivity contribution in [2.45, 2.75) is 50.9 Å². The first-order valence-electron chi connectivity index (χ1n) is 7.08. The fourth-order valence-electron chi connectivity index (χ4n) is 4.44. The summed E-state index contributed by atoms with van der Waals surface area (Å²) in [5.41, 5.74) is -2.43. The second-order valence-corrected chi connectivity index (χ2v) is 6.61. The number of hydrogen-bond acceptors (Lipinski definition) is 5. The molecule has 2 N–H and O–H groups in total. The highest BCUT2D eigenvalue weighted by molar-refractivity contribution is 5.95. The SMILES string of the molecule is C=C1C(=O)O[C@H]2[C@@H]1CC[C@H](C)[C@]1(O)[C@H](O)CC(=O)[C@@]21C. The number of aliphatic hydroxyl groups excluding tert-OH is 1. The Labute approximate surface area is 117 Å². The summed E-state index contributed by atoms with van der Waals surface area (Å²) in [5, 5.41) is 21.3. The van der Waals surface area contributed by atoms with Crippen LogP contribution >= 0.6 is 0 Å². The molecule has 5 heteroatoms. The molecule has 0 spiro atoms. The van der Waals surface area contributed by atoms with Gasteiger partial charge in [0, 0.05) is 17.9 Å². The van der Waals surface area contributed by atoms with Gasteiger partial charge in [-0.3, -0.25) is 4.79 Å². The van der Waals surface area contributed by atoms with Crippen molar-refractivity contribution in [3.8, 4) is 0 Å². The maximum atomic E-state index is 12.5. The number of carbonyl (C=O) groups is 2. The molecule has 6 atom stereocenters. The Hall–Kier alpha value is -1.20. The molecule has 0 bridgehead atoms. The number of esters is 1. The van der Waals surface area contributed by atoms with Crippen LogP contribution in [0.2, 0.25) is 0 Å². The van der Waals surface area contributed by atoms with Gasteiger partial charge in [-0.25, -0.2) is 4.79 Å². The van der Waals surface area contributed by atoms with Crippen molar-refractivity contribution in [3.63, 3.8) is 0 Å². The van der Waals surface area contributed by atoms with Crippen LogP contribution in [0.1, 0.15) is 33.1 Å². The third kappa shape index (κ3) is 1.30. The molecule has 3 rings (SSSR count). The van der Waals surface area contributed by atoms with Crippen LogP contribution in [0.3, 0.4) is 0 Å². The van der Waals surface area contributed by atoms with E-state index in [0.717, 1.165) is 0 Å². The lowest BCUT2D eigenvalue weighted by Gasteiger charge is -2.45. The minimum Gasteiger partial charge on any atom is -0.457 e. The van der Waals surface area contributed by atoms with E-state index in [9.17, 15) is 19.8 Å². The molecule has 2 aliphatic carbocycles. The lowest BCUT2D eigenvalue weighted by Crippen LogP contribution is -2.60. The molecule has 0 aromatic heterocycles. The lowest BCUT2D eigenvalue weighted by molar-refractivity contribution is -0.189. The summed E-state index contributed by atoms with van der Waals surface area (Å²) >= 11 is 0. The van der Waals surface area contributed by atoms with Crippen molar-refractivity contribution in [1.82, 2.24) is 0 Å². The molecule has 0 aromatic carbocycles. The summed E-state index contributed by atoms with van der Waals surface area (Å²) in [5.74, 6) is -1.23. The zero-order valence-corrected chi connectivity index (χ0v) is 11.8. The molecule has 3 aliphatic rings. The van der Waals surface area contributed by atoms with E-state index in [1.807, 2.05) is 6.92 Å². The van der Waals surface area contributed by atoms with E-state index in [1.165, 1.54) is 0 Å². The first kappa shape index (κ1) is 13.8. The van der Waals surface area contributed by atoms with Crippen molar-refractivity contribution in [3.05, 3.63) is 12.2 Å². The molecule has 0 amide bonds. The summed E-state index contributed by atoms with van der Waals surface area (Å²) in [6.45, 7) is 7.23. The van der Waals surface area contributed by atoms with E-state index >= 15 is 0 Å². The minimum absolute atomic E-state index is 0.0927. The van der Waals surface area contributed by atoms with Gasteiger partial charge in [-0.1, -0.05) is 13.5 Å². The molecule has 20 heavy (non-hydrogen) atoms. The summed E-state index contributed by atoms with van der Waals surface area (Å²) in [4.78, 5) is 24.2. The van der Waals surface area contributed by atoms with Crippen molar-refractivity contribution >= 4 is 11.8 Å². The molecule has 3 fully saturated rings. The first-order chi connectivity index (χ1) is 9.24. The Kier molecular flexibility index (Phi) is 2.70. The number of carbonyl (C=O) groups excluding carboxylic acids is 2. The van der Waals surface area contributed by atoms with Crippen LogP contribution in [-0.4, -0.2) is 39.8 Å². The number of ether oxygens (including phenoxy) is 1. The number of aliphatic hydroxyl groups is 2. The summed E-state index contributed by atoms with van der Waals surface area (Å²) in [6, 6.07) is 0. The standard InChI is InChI=1S/C15H20O5/c1-7-4-5-9-8(2)13(18)20-12(9)14(3)10(16)6-11(17)15(7,14)19/h7,9,11-12,17,19H,2,4-6H2,1,3H3/t7-,9+,11+,12-,14-,15-/m0/s1. The smallest absolute Gasteiger partial charge is 0.334 e. The second kappa shape index (κ2) is 3.92. The average Bonchev–Trinajstić information content (AvgIpc) is 2.74. The van der Waals surface area contributed by atoms with E-state index in [2.05, 4.69) is 6.58 Å². The van der Waals surface area contributed by atoms with Crippen LogP contribution < -0.4 is 0 Å². The van der Waals surface area contributed by atoms with E-state index < -0.39 is 29.2 Å². The van der Waals surface area contributed by atoms with Gasteiger partial charge in [0.2, 0.25) is 0 Å². The molecule has 1 heterocycles. The van der Waals surface area contributed by atoms with Crippen molar-refractivity contribution in [1.29, 1.82) is 0 Å². The number of Topliss-reactive ketones (excluding diaryl/α,β-unsaturated/α-hetero) is 1. The van der Waals surface area contributed by atoms with Crippen LogP contribution in [0.15, 0.2) is 12.2 Å². The number of fused-ring (bicyclic) bond motifs is 3. The predicted molar refractivity (Wildman–Crippen MR) is 69.6 cm³/mol. The highest BCUT2D eigenvalue weighted by Crippen LogP contribution is 2.58. The zero-order valence-electron chi connectivity index (χ0n) is 11.8. The van der Waals surface area contributed by atoms with E-state index in [4.69, 9.17) is 4.74 Å². The molecule has 0 aromatic rings. The monoisotopic (exact) mass is 280 g/mol. The summed E-state index contributed by atoms with van der Waals surface area (Å²) in [6.07, 6.45) is -0.671. The van der Waals surface area contributed by atoms with Gasteiger partial charge in [-0.2, -0.15) is 0 Å². The van der Waals surface area contributed by atoms with E-state index in [0.29, 0.717) is 18.4 Å². The van der Waals surface area contributed by atoms with E-state index in [1.54, 1.807) is 6.92 Å². The number of ketones is 1. The third-order valence-electron chi connectivity index (χ3n) is 5.84. The number of rotatable bonds is 0. The van der Waals surface area contributed by atoms with Crippen molar-refractivity contribution < 1.29 is 24.5 Å². The molecule has 1 aliphatic heterocycles. The zero-order chi connectivity index (χ0) is 14.9. The minimum atomic E-state index is -1.55. The van der Waals surface area contributed by atoms with E-state index in [-0.39, 0.29) is 24.0 Å². The molecular formula is C15H20O5. The number of hydrogen-bond donors (Lipinski definition) is 2. The fraction of sp³-hybridized carbons (Fsp3) is 0.733. The van der Waals surface area contributed by atoms with Gasteiger partial charge in [0.15, 0.2) is 0 Å². The summed E-state index contributed by atoms with van der Waals surface area (Å²) < 4.78 is 5.38. The van der Waals surface area contributed by atoms with Gasteiger partial charge in [-0.05, 0) is 25.7 Å². The topological polar surface area (TPSA) is 83.8 Å². The van der Waals surface area contributed by atoms with Crippen molar-refractivity contribution in [2.24, 2.45) is 17.3 Å². The fourth-order valence-corrected chi connectivity index (χ4v) is 4.44. The average molecular weight is 280 g/mol. The Morgan fingerprint density at radius 2 is 2.00 bits per heavy atom. The van der Waals surface area contributed by atoms with Crippen LogP contribution in [0.4, 0.5) is 0 Å². The van der Waals surface area contributed by atoms with Crippen LogP contribution in [0.5, 0.6) is 0 Å². The molecule has 0 unspecified atom stereocenters. The molecular weight excluding hydrogens is 260 g/mol. The highest BCUT2D eigenvalue weighted by atomic mass is 16.6. The van der Waals surface area contributed by atoms with Gasteiger partial charge >= 0.3 is 5.97 Å². The molecule has 2 saturated carbocycles. The largest absolute Gasteiger partial charge is 0.457 e. The maximum absolute atomic E-state index is 12.5. The van der Waals surface area contributed by atoms with Crippen molar-refractivity contribution in [2.75, 3.05) is 0 Å². The highest BCUT2D eigenvalue weighted by Gasteiger charge is 2.71. The second-order valence-electron chi connectivity index (χ2n) is 6.61. The molecule has 5 nitrogen and oxygen atoms in total. The Morgan fingerprint density at radius 1 is 1.35 bits per heavy atom. The molecule has 0 radical (unpaired) electrons. The Bertz CT molecular complexity index is 512. The van der Waals surface area contributed by atoms with Gasteiger partial charge in [-0.15, -0.1) is 0 Å². The van der Waals surface area contributed by atoms with Gasteiger partial charge in [0.25, 0.3) is 0 Å². The normalized spacial score (nSPS) is 51.5. The quantitative estimate of drug-likeness (QED) is 0.501. The van der Waals surface area contributed by atoms with Gasteiger partial charge < -0.3 is 14.9 Å². The van der Waals surface area contributed by atoms with Crippen LogP contribution in [-0.2, 0) is 14.3 Å². The Morgan fingerprint density at radius 3 is 2.65 bits per heavy atom. The maximum Gasteiger partial charge on any atom is 0.334 e.